The second-order valence-corrected chi connectivity index (χ2v) is 13.5. The summed E-state index contributed by atoms with van der Waals surface area (Å²) in [5.41, 5.74) is 3.60. The van der Waals surface area contributed by atoms with Gasteiger partial charge in [0, 0.05) is 40.2 Å². The van der Waals surface area contributed by atoms with Gasteiger partial charge in [-0.15, -0.1) is 0 Å². The van der Waals surface area contributed by atoms with E-state index in [1.54, 1.807) is 19.9 Å². The van der Waals surface area contributed by atoms with Crippen molar-refractivity contribution in [3.8, 4) is 11.8 Å². The van der Waals surface area contributed by atoms with Crippen LogP contribution in [0.4, 0.5) is 0 Å². The number of ketones is 2. The maximum absolute atomic E-state index is 12.9. The third-order valence-corrected chi connectivity index (χ3v) is 8.79. The highest BCUT2D eigenvalue weighted by Gasteiger charge is 2.56. The lowest BCUT2D eigenvalue weighted by molar-refractivity contribution is -0.134. The number of aldehydes is 1. The summed E-state index contributed by atoms with van der Waals surface area (Å²) in [5, 5.41) is 19.9. The van der Waals surface area contributed by atoms with E-state index in [2.05, 4.69) is 25.7 Å². The maximum Gasteiger partial charge on any atom is 0.162 e. The molecule has 240 valence electrons. The molecule has 0 bridgehead atoms. The topological polar surface area (TPSA) is 91.7 Å². The molecule has 45 heavy (non-hydrogen) atoms. The highest BCUT2D eigenvalue weighted by atomic mass is 16.3. The molecule has 0 amide bonds. The lowest BCUT2D eigenvalue weighted by Gasteiger charge is -2.34. The van der Waals surface area contributed by atoms with Gasteiger partial charge in [-0.1, -0.05) is 123 Å². The second kappa shape index (κ2) is 16.5. The van der Waals surface area contributed by atoms with Crippen molar-refractivity contribution in [2.45, 2.75) is 87.2 Å². The van der Waals surface area contributed by atoms with E-state index in [9.17, 15) is 24.6 Å². The number of hydrogen-bond acceptors (Lipinski definition) is 5. The summed E-state index contributed by atoms with van der Waals surface area (Å²) in [4.78, 5) is 36.5. The zero-order chi connectivity index (χ0) is 33.8. The van der Waals surface area contributed by atoms with Crippen molar-refractivity contribution in [3.05, 3.63) is 106 Å². The minimum absolute atomic E-state index is 0.0524. The molecule has 1 saturated carbocycles. The van der Waals surface area contributed by atoms with Crippen LogP contribution in [0.5, 0.6) is 0 Å². The smallest absolute Gasteiger partial charge is 0.162 e. The quantitative estimate of drug-likeness (QED) is 0.109. The average Bonchev–Trinajstić information content (AvgIpc) is 3.20. The van der Waals surface area contributed by atoms with E-state index in [1.807, 2.05) is 88.5 Å². The Morgan fingerprint density at radius 2 is 1.42 bits per heavy atom. The van der Waals surface area contributed by atoms with Crippen molar-refractivity contribution < 1.29 is 24.6 Å². The molecule has 2 aliphatic carbocycles. The van der Waals surface area contributed by atoms with Crippen LogP contribution >= 0.6 is 0 Å². The maximum atomic E-state index is 12.9. The van der Waals surface area contributed by atoms with Crippen LogP contribution in [0.1, 0.15) is 81.1 Å². The molecule has 0 radical (unpaired) electrons. The van der Waals surface area contributed by atoms with Gasteiger partial charge in [0.25, 0.3) is 0 Å². The zero-order valence-electron chi connectivity index (χ0n) is 28.2. The van der Waals surface area contributed by atoms with Crippen LogP contribution in [0, 0.1) is 28.1 Å². The van der Waals surface area contributed by atoms with Gasteiger partial charge in [0.15, 0.2) is 5.78 Å². The van der Waals surface area contributed by atoms with E-state index >= 15 is 0 Å². The molecule has 0 aromatic carbocycles. The van der Waals surface area contributed by atoms with Crippen LogP contribution in [0.2, 0.25) is 0 Å². The molecule has 0 aromatic heterocycles. The number of aliphatic hydroxyl groups is 2. The predicted molar refractivity (Wildman–Crippen MR) is 184 cm³/mol. The Kier molecular flexibility index (Phi) is 13.7. The molecule has 0 saturated heterocycles. The molecule has 2 aliphatic rings. The minimum atomic E-state index is -1.00. The summed E-state index contributed by atoms with van der Waals surface area (Å²) in [5.74, 6) is 6.11. The third-order valence-electron chi connectivity index (χ3n) is 8.79. The number of Topliss-reactive ketones (excluding diaryl/α,β-unsaturated/α-hetero) is 1. The number of aliphatic hydroxyl groups excluding tert-OH is 2. The van der Waals surface area contributed by atoms with Crippen LogP contribution in [-0.4, -0.2) is 40.8 Å². The summed E-state index contributed by atoms with van der Waals surface area (Å²) in [6.07, 6.45) is 24.5. The van der Waals surface area contributed by atoms with E-state index < -0.39 is 10.8 Å². The first-order valence-corrected chi connectivity index (χ1v) is 15.5. The van der Waals surface area contributed by atoms with E-state index in [-0.39, 0.29) is 42.5 Å². The highest BCUT2D eigenvalue weighted by Crippen LogP contribution is 2.50. The van der Waals surface area contributed by atoms with Crippen molar-refractivity contribution in [1.29, 1.82) is 0 Å². The van der Waals surface area contributed by atoms with Crippen molar-refractivity contribution >= 4 is 17.9 Å². The van der Waals surface area contributed by atoms with Crippen molar-refractivity contribution in [1.82, 2.24) is 0 Å². The number of carbonyl (C=O) groups excluding carboxylic acids is 3. The number of allylic oxidation sites excluding steroid dienone is 16. The van der Waals surface area contributed by atoms with Gasteiger partial charge in [-0.05, 0) is 52.7 Å². The average molecular weight is 611 g/mol. The van der Waals surface area contributed by atoms with E-state index in [1.165, 1.54) is 6.08 Å². The van der Waals surface area contributed by atoms with Gasteiger partial charge in [-0.3, -0.25) is 9.59 Å². The Balaban J connectivity index is 1.95. The van der Waals surface area contributed by atoms with Crippen LogP contribution in [-0.2, 0) is 14.4 Å². The Bertz CT molecular complexity index is 1490. The van der Waals surface area contributed by atoms with Gasteiger partial charge in [0.05, 0.1) is 12.7 Å². The Labute approximate surface area is 270 Å². The molecule has 0 aromatic rings. The largest absolute Gasteiger partial charge is 0.393 e. The Morgan fingerprint density at radius 1 is 0.867 bits per heavy atom. The summed E-state index contributed by atoms with van der Waals surface area (Å²) >= 11 is 0. The van der Waals surface area contributed by atoms with Gasteiger partial charge in [-0.25, -0.2) is 0 Å². The second-order valence-electron chi connectivity index (χ2n) is 13.5. The van der Waals surface area contributed by atoms with Crippen LogP contribution < -0.4 is 0 Å². The van der Waals surface area contributed by atoms with Crippen molar-refractivity contribution in [3.63, 3.8) is 0 Å². The highest BCUT2D eigenvalue weighted by molar-refractivity contribution is 6.04. The van der Waals surface area contributed by atoms with Crippen LogP contribution in [0.3, 0.4) is 0 Å². The minimum Gasteiger partial charge on any atom is -0.393 e. The molecule has 2 N–H and O–H groups in total. The van der Waals surface area contributed by atoms with Crippen molar-refractivity contribution in [2.75, 3.05) is 6.61 Å². The molecule has 2 rings (SSSR count). The molecule has 1 fully saturated rings. The first kappa shape index (κ1) is 37.3. The lowest BCUT2D eigenvalue weighted by Crippen LogP contribution is -2.40. The fourth-order valence-electron chi connectivity index (χ4n) is 5.79. The molecule has 3 unspecified atom stereocenters. The van der Waals surface area contributed by atoms with Crippen LogP contribution in [0.25, 0.3) is 0 Å². The predicted octanol–water partition coefficient (Wildman–Crippen LogP) is 7.61. The normalized spacial score (nSPS) is 26.9. The lowest BCUT2D eigenvalue weighted by atomic mass is 9.66. The van der Waals surface area contributed by atoms with Crippen molar-refractivity contribution in [2.24, 2.45) is 16.2 Å². The molecule has 5 nitrogen and oxygen atoms in total. The molecular formula is C40H50O5. The summed E-state index contributed by atoms with van der Waals surface area (Å²) < 4.78 is 0. The van der Waals surface area contributed by atoms with E-state index in [0.717, 1.165) is 34.2 Å². The zero-order valence-corrected chi connectivity index (χ0v) is 28.2. The summed E-state index contributed by atoms with van der Waals surface area (Å²) in [6.45, 7) is 15.3. The van der Waals surface area contributed by atoms with Gasteiger partial charge < -0.3 is 15.0 Å². The van der Waals surface area contributed by atoms with Gasteiger partial charge in [0.2, 0.25) is 0 Å². The van der Waals surface area contributed by atoms with E-state index in [4.69, 9.17) is 0 Å². The fraction of sp³-hybridized carbons (Fsp3) is 0.425. The fourth-order valence-corrected chi connectivity index (χ4v) is 5.79. The van der Waals surface area contributed by atoms with Gasteiger partial charge >= 0.3 is 0 Å². The Morgan fingerprint density at radius 3 is 1.98 bits per heavy atom. The summed E-state index contributed by atoms with van der Waals surface area (Å²) in [6, 6.07) is 0. The third kappa shape index (κ3) is 10.6. The number of carbonyl (C=O) groups is 3. The first-order chi connectivity index (χ1) is 21.1. The van der Waals surface area contributed by atoms with Crippen LogP contribution in [0.15, 0.2) is 106 Å². The molecule has 3 atom stereocenters. The monoisotopic (exact) mass is 610 g/mol. The summed E-state index contributed by atoms with van der Waals surface area (Å²) in [7, 11) is 0. The first-order valence-electron chi connectivity index (χ1n) is 15.5. The van der Waals surface area contributed by atoms with Gasteiger partial charge in [-0.2, -0.15) is 0 Å². The molecular weight excluding hydrogens is 560 g/mol. The number of hydrogen-bond donors (Lipinski definition) is 2. The van der Waals surface area contributed by atoms with E-state index in [0.29, 0.717) is 18.4 Å². The standard InChI is InChI=1S/C40H50O5/c1-29(15-11-16-31(3)19-22-37(45)40(8)26-35(44)25-39(40,7)28-42)13-9-10-14-30(2)17-12-18-33(27-41)20-21-36-32(4)23-34(43)24-38(36,5)6/h9-19,22,28,34,41,43H,23-27H2,1-8H3. The molecule has 0 heterocycles. The molecule has 5 heteroatoms. The molecule has 0 spiro atoms. The van der Waals surface area contributed by atoms with Gasteiger partial charge in [0.1, 0.15) is 12.1 Å². The number of rotatable bonds is 11. The SMILES string of the molecule is CC(C=CC=C(C)C=CC(=O)C1(C)CC(=O)CC1(C)C=O)=CC=CC=C(C)C=CC=C(C#CC1=C(C)CC(O)CC1(C)C)CO. The Hall–Kier alpha value is -3.85. The molecule has 0 aliphatic heterocycles.